The molecule has 0 bridgehead atoms. The van der Waals surface area contributed by atoms with Crippen LogP contribution in [0.3, 0.4) is 0 Å². The van der Waals surface area contributed by atoms with Crippen LogP contribution in [-0.2, 0) is 6.54 Å². The minimum Gasteiger partial charge on any atom is -0.325 e. The van der Waals surface area contributed by atoms with Crippen molar-refractivity contribution in [2.75, 3.05) is 5.32 Å². The van der Waals surface area contributed by atoms with E-state index in [0.717, 1.165) is 15.9 Å². The molecule has 1 aromatic heterocycles. The van der Waals surface area contributed by atoms with Crippen molar-refractivity contribution in [1.82, 2.24) is 4.98 Å². The number of thiazole rings is 1. The maximum atomic E-state index is 12.1. The van der Waals surface area contributed by atoms with Gasteiger partial charge in [-0.05, 0) is 37.1 Å². The van der Waals surface area contributed by atoms with Crippen LogP contribution >= 0.6 is 23.1 Å². The third-order valence-corrected chi connectivity index (χ3v) is 5.90. The normalized spacial score (nSPS) is 15.1. The molecule has 3 N–H and O–H groups in total. The molecule has 0 unspecified atom stereocenters. The van der Waals surface area contributed by atoms with Gasteiger partial charge >= 0.3 is 0 Å². The zero-order valence-corrected chi connectivity index (χ0v) is 13.9. The Morgan fingerprint density at radius 1 is 1.32 bits per heavy atom. The Kier molecular flexibility index (Phi) is 5.12. The summed E-state index contributed by atoms with van der Waals surface area (Å²) in [6.45, 7) is 0.366. The van der Waals surface area contributed by atoms with Crippen LogP contribution in [0, 0.1) is 0 Å². The van der Waals surface area contributed by atoms with E-state index < -0.39 is 0 Å². The number of nitrogens with zero attached hydrogens (tertiary/aromatic N) is 1. The predicted molar refractivity (Wildman–Crippen MR) is 92.5 cm³/mol. The van der Waals surface area contributed by atoms with E-state index in [9.17, 15) is 4.79 Å². The van der Waals surface area contributed by atoms with E-state index in [0.29, 0.717) is 12.2 Å². The number of nitrogens with two attached hydrogens (primary N) is 1. The van der Waals surface area contributed by atoms with Crippen molar-refractivity contribution >= 4 is 34.7 Å². The highest BCUT2D eigenvalue weighted by Gasteiger charge is 2.16. The van der Waals surface area contributed by atoms with Crippen LogP contribution in [0.25, 0.3) is 0 Å². The molecule has 0 saturated heterocycles. The zero-order valence-electron chi connectivity index (χ0n) is 12.2. The number of anilines is 1. The van der Waals surface area contributed by atoms with Gasteiger partial charge in [-0.3, -0.25) is 4.79 Å². The molecule has 1 aliphatic rings. The van der Waals surface area contributed by atoms with Gasteiger partial charge in [-0.15, -0.1) is 23.1 Å². The minimum absolute atomic E-state index is 0.188. The Bertz CT molecular complexity index is 633. The number of hydrogen-bond acceptors (Lipinski definition) is 5. The zero-order chi connectivity index (χ0) is 15.4. The van der Waals surface area contributed by atoms with Crippen LogP contribution in [0.15, 0.2) is 34.5 Å². The van der Waals surface area contributed by atoms with Crippen molar-refractivity contribution < 1.29 is 4.79 Å². The Morgan fingerprint density at radius 2 is 2.05 bits per heavy atom. The summed E-state index contributed by atoms with van der Waals surface area (Å²) in [4.78, 5) is 17.5. The molecule has 116 valence electrons. The fourth-order valence-electron chi connectivity index (χ4n) is 2.52. The lowest BCUT2D eigenvalue weighted by molar-refractivity contribution is 0.102. The molecule has 1 aliphatic carbocycles. The second-order valence-corrected chi connectivity index (χ2v) is 7.65. The second kappa shape index (κ2) is 7.26. The standard InChI is InChI=1S/C16H19N3OS2/c17-9-15-19-14(10-21-15)16(20)18-11-5-7-13(8-6-11)22-12-3-1-2-4-12/h5-8,10,12H,1-4,9,17H2,(H,18,20). The van der Waals surface area contributed by atoms with E-state index in [2.05, 4.69) is 22.4 Å². The first kappa shape index (κ1) is 15.5. The Morgan fingerprint density at radius 3 is 2.68 bits per heavy atom. The number of carbonyl (C=O) groups is 1. The number of carbonyl (C=O) groups excluding carboxylic acids is 1. The highest BCUT2D eigenvalue weighted by atomic mass is 32.2. The summed E-state index contributed by atoms with van der Waals surface area (Å²) >= 11 is 3.35. The molecule has 2 aromatic rings. The second-order valence-electron chi connectivity index (χ2n) is 5.33. The average molecular weight is 333 g/mol. The van der Waals surface area contributed by atoms with Gasteiger partial charge in [-0.2, -0.15) is 0 Å². The SMILES string of the molecule is NCc1nc(C(=O)Nc2ccc(SC3CCCC3)cc2)cs1. The molecule has 0 radical (unpaired) electrons. The molecular formula is C16H19N3OS2. The molecule has 4 nitrogen and oxygen atoms in total. The van der Waals surface area contributed by atoms with E-state index in [-0.39, 0.29) is 5.91 Å². The lowest BCUT2D eigenvalue weighted by Gasteiger charge is -2.09. The number of aromatic nitrogens is 1. The van der Waals surface area contributed by atoms with Crippen LogP contribution < -0.4 is 11.1 Å². The van der Waals surface area contributed by atoms with Crippen molar-refractivity contribution in [3.63, 3.8) is 0 Å². The molecule has 1 fully saturated rings. The Hall–Kier alpha value is -1.37. The molecule has 1 heterocycles. The molecule has 0 spiro atoms. The monoisotopic (exact) mass is 333 g/mol. The molecule has 0 atom stereocenters. The van der Waals surface area contributed by atoms with Gasteiger partial charge in [0.05, 0.1) is 0 Å². The van der Waals surface area contributed by atoms with Crippen molar-refractivity contribution in [3.05, 3.63) is 40.3 Å². The van der Waals surface area contributed by atoms with Crippen LogP contribution in [0.1, 0.15) is 41.2 Å². The quantitative estimate of drug-likeness (QED) is 0.871. The molecule has 0 aliphatic heterocycles. The first-order valence-corrected chi connectivity index (χ1v) is 9.23. The number of nitrogens with one attached hydrogen (secondary N) is 1. The summed E-state index contributed by atoms with van der Waals surface area (Å²) in [5.74, 6) is -0.188. The average Bonchev–Trinajstić information content (AvgIpc) is 3.20. The summed E-state index contributed by atoms with van der Waals surface area (Å²) in [5, 5.41) is 6.14. The third-order valence-electron chi connectivity index (χ3n) is 3.68. The van der Waals surface area contributed by atoms with Gasteiger partial charge in [0.2, 0.25) is 0 Å². The summed E-state index contributed by atoms with van der Waals surface area (Å²) in [6, 6.07) is 8.05. The fraction of sp³-hybridized carbons (Fsp3) is 0.375. The number of hydrogen-bond donors (Lipinski definition) is 2. The van der Waals surface area contributed by atoms with Crippen molar-refractivity contribution in [3.8, 4) is 0 Å². The molecule has 6 heteroatoms. The van der Waals surface area contributed by atoms with Crippen LogP contribution in [-0.4, -0.2) is 16.1 Å². The smallest absolute Gasteiger partial charge is 0.275 e. The maximum Gasteiger partial charge on any atom is 0.275 e. The number of thioether (sulfide) groups is 1. The number of amides is 1. The summed E-state index contributed by atoms with van der Waals surface area (Å²) < 4.78 is 0. The molecular weight excluding hydrogens is 314 g/mol. The van der Waals surface area contributed by atoms with Crippen molar-refractivity contribution in [2.45, 2.75) is 42.4 Å². The molecule has 1 aromatic carbocycles. The summed E-state index contributed by atoms with van der Waals surface area (Å²) in [7, 11) is 0. The predicted octanol–water partition coefficient (Wildman–Crippen LogP) is 3.89. The fourth-order valence-corrected chi connectivity index (χ4v) is 4.42. The summed E-state index contributed by atoms with van der Waals surface area (Å²) in [6.07, 6.45) is 5.33. The van der Waals surface area contributed by atoms with E-state index in [1.165, 1.54) is 41.9 Å². The van der Waals surface area contributed by atoms with Crippen LogP contribution in [0.2, 0.25) is 0 Å². The Balaban J connectivity index is 1.59. The number of rotatable bonds is 5. The van der Waals surface area contributed by atoms with E-state index in [1.54, 1.807) is 5.38 Å². The largest absolute Gasteiger partial charge is 0.325 e. The van der Waals surface area contributed by atoms with Gasteiger partial charge in [-0.1, -0.05) is 12.8 Å². The lowest BCUT2D eigenvalue weighted by atomic mass is 10.3. The number of benzene rings is 1. The highest BCUT2D eigenvalue weighted by molar-refractivity contribution is 8.00. The van der Waals surface area contributed by atoms with Gasteiger partial charge < -0.3 is 11.1 Å². The summed E-state index contributed by atoms with van der Waals surface area (Å²) in [5.41, 5.74) is 6.73. The highest BCUT2D eigenvalue weighted by Crippen LogP contribution is 2.34. The lowest BCUT2D eigenvalue weighted by Crippen LogP contribution is -2.12. The van der Waals surface area contributed by atoms with E-state index in [4.69, 9.17) is 5.73 Å². The molecule has 1 saturated carbocycles. The van der Waals surface area contributed by atoms with Crippen LogP contribution in [0.4, 0.5) is 5.69 Å². The Labute approximate surface area is 138 Å². The van der Waals surface area contributed by atoms with E-state index in [1.807, 2.05) is 23.9 Å². The van der Waals surface area contributed by atoms with Crippen molar-refractivity contribution in [1.29, 1.82) is 0 Å². The topological polar surface area (TPSA) is 68.0 Å². The van der Waals surface area contributed by atoms with Gasteiger partial charge in [-0.25, -0.2) is 4.98 Å². The van der Waals surface area contributed by atoms with Gasteiger partial charge in [0.15, 0.2) is 0 Å². The molecule has 1 amide bonds. The molecule has 3 rings (SSSR count). The minimum atomic E-state index is -0.188. The van der Waals surface area contributed by atoms with Crippen LogP contribution in [0.5, 0.6) is 0 Å². The molecule has 22 heavy (non-hydrogen) atoms. The van der Waals surface area contributed by atoms with Gasteiger partial charge in [0.25, 0.3) is 5.91 Å². The first-order valence-electron chi connectivity index (χ1n) is 7.47. The van der Waals surface area contributed by atoms with E-state index >= 15 is 0 Å². The third kappa shape index (κ3) is 3.88. The van der Waals surface area contributed by atoms with Gasteiger partial charge in [0, 0.05) is 27.8 Å². The maximum absolute atomic E-state index is 12.1. The first-order chi connectivity index (χ1) is 10.7. The van der Waals surface area contributed by atoms with Gasteiger partial charge in [0.1, 0.15) is 10.7 Å². The van der Waals surface area contributed by atoms with Crippen molar-refractivity contribution in [2.24, 2.45) is 5.73 Å².